The topological polar surface area (TPSA) is 101 Å². The lowest BCUT2D eigenvalue weighted by molar-refractivity contribution is 0.0744. The van der Waals surface area contributed by atoms with Gasteiger partial charge in [0.05, 0.1) is 17.8 Å². The van der Waals surface area contributed by atoms with Gasteiger partial charge in [0.2, 0.25) is 0 Å². The highest BCUT2D eigenvalue weighted by atomic mass is 32.2. The summed E-state index contributed by atoms with van der Waals surface area (Å²) in [6.07, 6.45) is 1.96. The number of hydrogen-bond donors (Lipinski definition) is 3. The predicted octanol–water partition coefficient (Wildman–Crippen LogP) is 8.63. The highest BCUT2D eigenvalue weighted by molar-refractivity contribution is 7.99. The summed E-state index contributed by atoms with van der Waals surface area (Å²) in [6.45, 7) is 8.61. The van der Waals surface area contributed by atoms with Gasteiger partial charge in [0.25, 0.3) is 5.91 Å². The fourth-order valence-corrected chi connectivity index (χ4v) is 5.23. The van der Waals surface area contributed by atoms with Crippen molar-refractivity contribution in [3.63, 3.8) is 0 Å². The highest BCUT2D eigenvalue weighted by Crippen LogP contribution is 2.42. The summed E-state index contributed by atoms with van der Waals surface area (Å²) in [5, 5.41) is 5.16. The highest BCUT2D eigenvalue weighted by Gasteiger charge is 2.22. The van der Waals surface area contributed by atoms with Crippen LogP contribution in [0.5, 0.6) is 0 Å². The Hall–Kier alpha value is -4.38. The number of rotatable bonds is 9. The van der Waals surface area contributed by atoms with E-state index in [9.17, 15) is 13.6 Å². The first-order valence-electron chi connectivity index (χ1n) is 15.2. The molecule has 0 spiro atoms. The van der Waals surface area contributed by atoms with Crippen molar-refractivity contribution in [1.82, 2.24) is 10.3 Å². The van der Waals surface area contributed by atoms with Crippen molar-refractivity contribution >= 4 is 40.2 Å². The van der Waals surface area contributed by atoms with Gasteiger partial charge < -0.3 is 19.8 Å². The summed E-state index contributed by atoms with van der Waals surface area (Å²) in [5.74, 6) is 5.66. The smallest absolute Gasteiger partial charge is 0.270 e. The summed E-state index contributed by atoms with van der Waals surface area (Å²) in [5.41, 5.74) is 12.4. The molecule has 10 heteroatoms. The van der Waals surface area contributed by atoms with Crippen LogP contribution in [0.2, 0.25) is 0 Å². The summed E-state index contributed by atoms with van der Waals surface area (Å²) < 4.78 is 35.4. The van der Waals surface area contributed by atoms with Gasteiger partial charge in [-0.05, 0) is 72.8 Å². The lowest BCUT2D eigenvalue weighted by atomic mass is 9.96. The minimum absolute atomic E-state index is 0.0871. The van der Waals surface area contributed by atoms with E-state index >= 15 is 0 Å². The first-order chi connectivity index (χ1) is 22.2. The standard InChI is InChI=1S/C32H31F2N5O2S.2C2H6/c1-37-17-27-25-15-24(29(38(2)42-3)16-30(25)41-31(27)20-6-11-23(34)12-7-20)21-8-13-28(35)26(14-21)32(40)39(36)18-19-4-9-22(33)10-5-19;2*1-2/h4-16,37H,17-18,35-36H2,1-3H3;2*1-2H3. The Bertz CT molecular complexity index is 1740. The van der Waals surface area contributed by atoms with Crippen molar-refractivity contribution in [3.05, 3.63) is 107 Å². The molecule has 0 saturated heterocycles. The van der Waals surface area contributed by atoms with Gasteiger partial charge in [-0.15, -0.1) is 0 Å². The van der Waals surface area contributed by atoms with Crippen LogP contribution in [0.4, 0.5) is 20.2 Å². The SMILES string of the molecule is CC.CC.CNCc1c(-c2ccc(F)cc2)oc2cc(N(C)SC)c(-c3ccc(N)c(C(=O)N(N)Cc4ccc(F)cc4)c3)cc12. The summed E-state index contributed by atoms with van der Waals surface area (Å²) in [7, 11) is 3.80. The number of nitrogens with zero attached hydrogens (tertiary/aromatic N) is 2. The third-order valence-electron chi connectivity index (χ3n) is 7.10. The Morgan fingerprint density at radius 2 is 1.48 bits per heavy atom. The van der Waals surface area contributed by atoms with Gasteiger partial charge in [-0.2, -0.15) is 0 Å². The van der Waals surface area contributed by atoms with Crippen LogP contribution in [0.3, 0.4) is 0 Å². The first-order valence-corrected chi connectivity index (χ1v) is 16.4. The van der Waals surface area contributed by atoms with Crippen LogP contribution in [0.15, 0.2) is 83.3 Å². The molecule has 5 aromatic rings. The fraction of sp³-hybridized carbons (Fsp3) is 0.250. The van der Waals surface area contributed by atoms with Gasteiger partial charge in [-0.25, -0.2) is 14.6 Å². The molecular weight excluding hydrogens is 604 g/mol. The van der Waals surface area contributed by atoms with Crippen LogP contribution < -0.4 is 21.2 Å². The number of nitrogens with two attached hydrogens (primary N) is 2. The van der Waals surface area contributed by atoms with E-state index in [-0.39, 0.29) is 29.4 Å². The van der Waals surface area contributed by atoms with Crippen LogP contribution in [0, 0.1) is 11.6 Å². The number of hydrazine groups is 1. The zero-order valence-corrected chi connectivity index (χ0v) is 28.3. The number of fused-ring (bicyclic) bond motifs is 1. The number of hydrogen-bond acceptors (Lipinski definition) is 7. The molecule has 46 heavy (non-hydrogen) atoms. The van der Waals surface area contributed by atoms with E-state index < -0.39 is 5.91 Å². The quantitative estimate of drug-likeness (QED) is 0.0484. The number of furan rings is 1. The maximum atomic E-state index is 13.7. The predicted molar refractivity (Wildman–Crippen MR) is 189 cm³/mol. The van der Waals surface area contributed by atoms with Crippen molar-refractivity contribution < 1.29 is 18.0 Å². The fourth-order valence-electron chi connectivity index (χ4n) is 4.88. The molecule has 0 aliphatic carbocycles. The summed E-state index contributed by atoms with van der Waals surface area (Å²) in [4.78, 5) is 13.4. The number of nitrogens with one attached hydrogen (secondary N) is 1. The van der Waals surface area contributed by atoms with E-state index in [1.165, 1.54) is 36.2 Å². The first kappa shape index (κ1) is 36.1. The largest absolute Gasteiger partial charge is 0.456 e. The second-order valence-corrected chi connectivity index (χ2v) is 10.8. The third-order valence-corrected chi connectivity index (χ3v) is 7.85. The maximum absolute atomic E-state index is 13.7. The van der Waals surface area contributed by atoms with E-state index in [0.29, 0.717) is 23.5 Å². The molecular formula is C36H43F2N5O2S. The van der Waals surface area contributed by atoms with Gasteiger partial charge in [0.15, 0.2) is 0 Å². The Morgan fingerprint density at radius 1 is 0.891 bits per heavy atom. The van der Waals surface area contributed by atoms with Crippen LogP contribution in [0.25, 0.3) is 33.4 Å². The van der Waals surface area contributed by atoms with Gasteiger partial charge >= 0.3 is 0 Å². The van der Waals surface area contributed by atoms with E-state index in [1.54, 1.807) is 36.4 Å². The lowest BCUT2D eigenvalue weighted by Gasteiger charge is -2.21. The number of carbonyl (C=O) groups excluding carboxylic acids is 1. The minimum atomic E-state index is -0.461. The molecule has 0 aliphatic heterocycles. The molecule has 7 nitrogen and oxygen atoms in total. The molecule has 0 unspecified atom stereocenters. The molecule has 4 aromatic carbocycles. The van der Waals surface area contributed by atoms with Gasteiger partial charge in [0, 0.05) is 53.7 Å². The number of benzene rings is 4. The molecule has 5 N–H and O–H groups in total. The summed E-state index contributed by atoms with van der Waals surface area (Å²) >= 11 is 1.53. The monoisotopic (exact) mass is 647 g/mol. The second kappa shape index (κ2) is 16.8. The Kier molecular flexibility index (Phi) is 13.2. The molecule has 0 fully saturated rings. The molecule has 0 saturated carbocycles. The molecule has 244 valence electrons. The van der Waals surface area contributed by atoms with Gasteiger partial charge in [-0.3, -0.25) is 9.80 Å². The second-order valence-electron chi connectivity index (χ2n) is 9.85. The molecule has 1 amide bonds. The van der Waals surface area contributed by atoms with Crippen molar-refractivity contribution in [3.8, 4) is 22.5 Å². The average molecular weight is 648 g/mol. The van der Waals surface area contributed by atoms with E-state index in [1.807, 2.05) is 70.6 Å². The Balaban J connectivity index is 0.00000139. The molecule has 0 radical (unpaired) electrons. The van der Waals surface area contributed by atoms with Crippen LogP contribution >= 0.6 is 11.9 Å². The van der Waals surface area contributed by atoms with E-state index in [0.717, 1.165) is 38.3 Å². The summed E-state index contributed by atoms with van der Waals surface area (Å²) in [6, 6.07) is 21.3. The molecule has 5 rings (SSSR count). The zero-order chi connectivity index (χ0) is 34.0. The third kappa shape index (κ3) is 8.06. The van der Waals surface area contributed by atoms with Crippen molar-refractivity contribution in [2.24, 2.45) is 5.84 Å². The number of amides is 1. The van der Waals surface area contributed by atoms with Crippen molar-refractivity contribution in [1.29, 1.82) is 0 Å². The van der Waals surface area contributed by atoms with Crippen LogP contribution in [-0.4, -0.2) is 31.3 Å². The van der Waals surface area contributed by atoms with Crippen LogP contribution in [0.1, 0.15) is 49.2 Å². The number of nitrogen functional groups attached to an aromatic ring is 1. The Morgan fingerprint density at radius 3 is 2.07 bits per heavy atom. The lowest BCUT2D eigenvalue weighted by Crippen LogP contribution is -2.37. The molecule has 1 heterocycles. The van der Waals surface area contributed by atoms with Crippen molar-refractivity contribution in [2.45, 2.75) is 40.8 Å². The van der Waals surface area contributed by atoms with Crippen LogP contribution in [-0.2, 0) is 13.1 Å². The van der Waals surface area contributed by atoms with Crippen molar-refractivity contribution in [2.75, 3.05) is 30.4 Å². The molecule has 0 aliphatic rings. The normalized spacial score (nSPS) is 10.5. The zero-order valence-electron chi connectivity index (χ0n) is 27.4. The number of carbonyl (C=O) groups is 1. The Labute approximate surface area is 274 Å². The van der Waals surface area contributed by atoms with E-state index in [2.05, 4.69) is 5.32 Å². The molecule has 0 atom stereocenters. The van der Waals surface area contributed by atoms with Gasteiger partial charge in [-0.1, -0.05) is 57.8 Å². The van der Waals surface area contributed by atoms with E-state index in [4.69, 9.17) is 16.0 Å². The number of halogens is 2. The molecule has 0 bridgehead atoms. The maximum Gasteiger partial charge on any atom is 0.270 e. The number of anilines is 2. The van der Waals surface area contributed by atoms with Gasteiger partial charge in [0.1, 0.15) is 23.0 Å². The molecule has 1 aromatic heterocycles. The average Bonchev–Trinajstić information content (AvgIpc) is 3.44. The minimum Gasteiger partial charge on any atom is -0.456 e.